The van der Waals surface area contributed by atoms with Gasteiger partial charge in [0.2, 0.25) is 0 Å². The van der Waals surface area contributed by atoms with Crippen LogP contribution in [0.5, 0.6) is 0 Å². The minimum absolute atomic E-state index is 0.0688. The van der Waals surface area contributed by atoms with Gasteiger partial charge < -0.3 is 4.74 Å². The van der Waals surface area contributed by atoms with Crippen molar-refractivity contribution in [3.05, 3.63) is 95.6 Å². The quantitative estimate of drug-likeness (QED) is 0.0699. The maximum Gasteiger partial charge on any atom is 0.306 e. The van der Waals surface area contributed by atoms with Crippen LogP contribution in [0.1, 0.15) is 107 Å². The Morgan fingerprint density at radius 1 is 0.659 bits per heavy atom. The Hall–Kier alpha value is -3.39. The van der Waals surface area contributed by atoms with E-state index in [1.165, 1.54) is 88.4 Å². The first-order valence-electron chi connectivity index (χ1n) is 16.0. The third-order valence-corrected chi connectivity index (χ3v) is 9.01. The van der Waals surface area contributed by atoms with Crippen LogP contribution in [0, 0.1) is 0 Å². The third kappa shape index (κ3) is 7.47. The van der Waals surface area contributed by atoms with E-state index in [2.05, 4.69) is 92.7 Å². The van der Waals surface area contributed by atoms with E-state index in [1.807, 2.05) is 0 Å². The highest BCUT2D eigenvalue weighted by Gasteiger charge is 2.10. The van der Waals surface area contributed by atoms with E-state index in [4.69, 9.17) is 4.74 Å². The molecule has 1 unspecified atom stereocenters. The van der Waals surface area contributed by atoms with Crippen LogP contribution < -0.4 is 0 Å². The fourth-order valence-electron chi connectivity index (χ4n) is 6.25. The summed E-state index contributed by atoms with van der Waals surface area (Å²) in [6.45, 7) is 4.83. The maximum absolute atomic E-state index is 12.1. The van der Waals surface area contributed by atoms with Gasteiger partial charge in [-0.3, -0.25) is 4.79 Å². The van der Waals surface area contributed by atoms with Crippen molar-refractivity contribution in [2.75, 3.05) is 0 Å². The lowest BCUT2D eigenvalue weighted by Crippen LogP contribution is -2.04. The zero-order valence-electron chi connectivity index (χ0n) is 25.1. The predicted molar refractivity (Wildman–Crippen MR) is 175 cm³/mol. The van der Waals surface area contributed by atoms with Crippen molar-refractivity contribution in [2.24, 2.45) is 0 Å². The number of benzene rings is 5. The van der Waals surface area contributed by atoms with E-state index in [9.17, 15) is 4.79 Å². The summed E-state index contributed by atoms with van der Waals surface area (Å²) in [5.41, 5.74) is 3.91. The Labute approximate surface area is 246 Å². The molecule has 5 rings (SSSR count). The van der Waals surface area contributed by atoms with Gasteiger partial charge in [0, 0.05) is 6.42 Å². The number of hydrogen-bond acceptors (Lipinski definition) is 2. The first-order chi connectivity index (χ1) is 20.1. The Morgan fingerprint density at radius 2 is 1.24 bits per heavy atom. The molecule has 0 spiro atoms. The lowest BCUT2D eigenvalue weighted by atomic mass is 9.90. The number of esters is 1. The number of ether oxygens (including phenoxy) is 1. The summed E-state index contributed by atoms with van der Waals surface area (Å²) in [5, 5.41) is 8.34. The van der Waals surface area contributed by atoms with Crippen LogP contribution in [-0.2, 0) is 22.6 Å². The maximum atomic E-state index is 12.1. The van der Waals surface area contributed by atoms with Gasteiger partial charge in [-0.15, -0.1) is 0 Å². The standard InChI is InChI=1S/C39H46O2/c1-3-29(2)31-20-18-30(19-21-31)28-41-37(40)17-12-10-8-6-4-5-7-9-11-14-32-22-23-35-25-24-33-15-13-16-34-26-27-36(32)39(35)38(33)34/h13,15-16,18-27,29H,3-12,14,17,28H2,1-2H3. The average molecular weight is 547 g/mol. The molecule has 0 aliphatic carbocycles. The lowest BCUT2D eigenvalue weighted by molar-refractivity contribution is -0.145. The molecule has 1 atom stereocenters. The van der Waals surface area contributed by atoms with Crippen molar-refractivity contribution >= 4 is 38.3 Å². The highest BCUT2D eigenvalue weighted by Crippen LogP contribution is 2.36. The molecule has 0 N–H and O–H groups in total. The number of aryl methyl sites for hydroxylation is 1. The van der Waals surface area contributed by atoms with Crippen LogP contribution in [0.15, 0.2) is 78.9 Å². The molecule has 0 bridgehead atoms. The van der Waals surface area contributed by atoms with Crippen molar-refractivity contribution in [1.82, 2.24) is 0 Å². The second-order valence-corrected chi connectivity index (χ2v) is 12.0. The molecule has 214 valence electrons. The van der Waals surface area contributed by atoms with E-state index < -0.39 is 0 Å². The first-order valence-corrected chi connectivity index (χ1v) is 16.0. The second kappa shape index (κ2) is 14.5. The molecule has 5 aromatic carbocycles. The van der Waals surface area contributed by atoms with Crippen LogP contribution in [0.2, 0.25) is 0 Å². The number of hydrogen-bond donors (Lipinski definition) is 0. The van der Waals surface area contributed by atoms with Gasteiger partial charge in [-0.25, -0.2) is 0 Å². The van der Waals surface area contributed by atoms with E-state index in [1.54, 1.807) is 0 Å². The molecule has 0 radical (unpaired) electrons. The molecule has 0 fully saturated rings. The summed E-state index contributed by atoms with van der Waals surface area (Å²) >= 11 is 0. The van der Waals surface area contributed by atoms with Crippen molar-refractivity contribution < 1.29 is 9.53 Å². The Kier molecular flexibility index (Phi) is 10.3. The average Bonchev–Trinajstić information content (AvgIpc) is 3.01. The second-order valence-electron chi connectivity index (χ2n) is 12.0. The fourth-order valence-corrected chi connectivity index (χ4v) is 6.25. The third-order valence-electron chi connectivity index (χ3n) is 9.01. The molecule has 2 heteroatoms. The Morgan fingerprint density at radius 3 is 1.93 bits per heavy atom. The minimum Gasteiger partial charge on any atom is -0.461 e. The van der Waals surface area contributed by atoms with E-state index in [-0.39, 0.29) is 5.97 Å². The van der Waals surface area contributed by atoms with E-state index in [0.717, 1.165) is 31.2 Å². The molecule has 0 saturated heterocycles. The predicted octanol–water partition coefficient (Wildman–Crippen LogP) is 11.3. The Bertz CT molecular complexity index is 1520. The van der Waals surface area contributed by atoms with Crippen LogP contribution in [-0.4, -0.2) is 5.97 Å². The number of carbonyl (C=O) groups is 1. The summed E-state index contributed by atoms with van der Waals surface area (Å²) in [6.07, 6.45) is 13.9. The highest BCUT2D eigenvalue weighted by molar-refractivity contribution is 6.23. The molecule has 0 saturated carbocycles. The zero-order valence-corrected chi connectivity index (χ0v) is 25.1. The van der Waals surface area contributed by atoms with Crippen LogP contribution >= 0.6 is 0 Å². The zero-order chi connectivity index (χ0) is 28.4. The van der Waals surface area contributed by atoms with E-state index in [0.29, 0.717) is 18.9 Å². The lowest BCUT2D eigenvalue weighted by Gasteiger charge is -2.14. The molecular formula is C39H46O2. The molecule has 0 aliphatic rings. The smallest absolute Gasteiger partial charge is 0.306 e. The minimum atomic E-state index is -0.0688. The van der Waals surface area contributed by atoms with Crippen LogP contribution in [0.3, 0.4) is 0 Å². The molecule has 0 aliphatic heterocycles. The summed E-state index contributed by atoms with van der Waals surface area (Å²) in [4.78, 5) is 12.1. The summed E-state index contributed by atoms with van der Waals surface area (Å²) < 4.78 is 5.48. The van der Waals surface area contributed by atoms with Crippen molar-refractivity contribution in [3.63, 3.8) is 0 Å². The molecule has 0 amide bonds. The summed E-state index contributed by atoms with van der Waals surface area (Å²) in [6, 6.07) is 28.9. The van der Waals surface area contributed by atoms with Gasteiger partial charge in [0.15, 0.2) is 0 Å². The molecule has 5 aromatic rings. The fraction of sp³-hybridized carbons (Fsp3) is 0.410. The topological polar surface area (TPSA) is 26.3 Å². The monoisotopic (exact) mass is 546 g/mol. The first kappa shape index (κ1) is 29.1. The summed E-state index contributed by atoms with van der Waals surface area (Å²) in [7, 11) is 0. The SMILES string of the molecule is CCC(C)c1ccc(COC(=O)CCCCCCCCCCCc2ccc3ccc4cccc5ccc2c3c45)cc1. The van der Waals surface area contributed by atoms with Gasteiger partial charge in [0.25, 0.3) is 0 Å². The van der Waals surface area contributed by atoms with Gasteiger partial charge in [0.05, 0.1) is 0 Å². The largest absolute Gasteiger partial charge is 0.461 e. The normalized spacial score (nSPS) is 12.4. The summed E-state index contributed by atoms with van der Waals surface area (Å²) in [5.74, 6) is 0.503. The van der Waals surface area contributed by atoms with Crippen LogP contribution in [0.25, 0.3) is 32.3 Å². The van der Waals surface area contributed by atoms with Crippen molar-refractivity contribution in [1.29, 1.82) is 0 Å². The van der Waals surface area contributed by atoms with Crippen molar-refractivity contribution in [3.8, 4) is 0 Å². The van der Waals surface area contributed by atoms with E-state index >= 15 is 0 Å². The Balaban J connectivity index is 0.922. The molecule has 0 heterocycles. The highest BCUT2D eigenvalue weighted by atomic mass is 16.5. The molecule has 0 aromatic heterocycles. The van der Waals surface area contributed by atoms with Crippen LogP contribution in [0.4, 0.5) is 0 Å². The van der Waals surface area contributed by atoms with Gasteiger partial charge in [-0.2, -0.15) is 0 Å². The molecular weight excluding hydrogens is 500 g/mol. The number of unbranched alkanes of at least 4 members (excludes halogenated alkanes) is 8. The van der Waals surface area contributed by atoms with Gasteiger partial charge in [-0.05, 0) is 80.6 Å². The molecule has 41 heavy (non-hydrogen) atoms. The van der Waals surface area contributed by atoms with Crippen molar-refractivity contribution in [2.45, 2.75) is 103 Å². The number of rotatable bonds is 16. The number of carbonyl (C=O) groups excluding carboxylic acids is 1. The van der Waals surface area contributed by atoms with Gasteiger partial charge >= 0.3 is 5.97 Å². The molecule has 2 nitrogen and oxygen atoms in total. The van der Waals surface area contributed by atoms with Gasteiger partial charge in [0.1, 0.15) is 6.61 Å². The van der Waals surface area contributed by atoms with Gasteiger partial charge in [-0.1, -0.05) is 138 Å².